The number of carbonyl (C=O) groups is 2. The number of amides is 1. The Balaban J connectivity index is 1.57. The van der Waals surface area contributed by atoms with Crippen molar-refractivity contribution in [2.75, 3.05) is 6.54 Å². The SMILES string of the molecule is CCN1C(=O)C(=Cc2ccc(-c3ccc([N+](=O)[O-])cc3)o2)SC1=Nc1ccc(C(=O)O)cc1. The number of non-ortho nitro benzene ring substituents is 1. The lowest BCUT2D eigenvalue weighted by molar-refractivity contribution is -0.384. The normalized spacial score (nSPS) is 16.0. The first kappa shape index (κ1) is 22.0. The summed E-state index contributed by atoms with van der Waals surface area (Å²) in [6.07, 6.45) is 1.63. The van der Waals surface area contributed by atoms with Gasteiger partial charge in [0.25, 0.3) is 11.6 Å². The van der Waals surface area contributed by atoms with Gasteiger partial charge < -0.3 is 9.52 Å². The minimum absolute atomic E-state index is 0.00956. The van der Waals surface area contributed by atoms with Gasteiger partial charge in [-0.3, -0.25) is 19.8 Å². The summed E-state index contributed by atoms with van der Waals surface area (Å²) >= 11 is 1.20. The molecule has 10 heteroatoms. The number of rotatable bonds is 6. The van der Waals surface area contributed by atoms with Crippen LogP contribution in [0, 0.1) is 10.1 Å². The molecule has 1 aromatic heterocycles. The maximum atomic E-state index is 12.8. The van der Waals surface area contributed by atoms with Crippen LogP contribution >= 0.6 is 11.8 Å². The summed E-state index contributed by atoms with van der Waals surface area (Å²) in [5.74, 6) is -0.252. The fourth-order valence-electron chi connectivity index (χ4n) is 3.12. The molecule has 0 aliphatic carbocycles. The molecule has 1 amide bonds. The minimum Gasteiger partial charge on any atom is -0.478 e. The molecule has 2 heterocycles. The summed E-state index contributed by atoms with van der Waals surface area (Å²) in [5, 5.41) is 20.3. The van der Waals surface area contributed by atoms with Crippen LogP contribution in [0.4, 0.5) is 11.4 Å². The number of benzene rings is 2. The van der Waals surface area contributed by atoms with Gasteiger partial charge in [0.2, 0.25) is 0 Å². The summed E-state index contributed by atoms with van der Waals surface area (Å²) in [7, 11) is 0. The van der Waals surface area contributed by atoms with Crippen LogP contribution in [0.5, 0.6) is 0 Å². The summed E-state index contributed by atoms with van der Waals surface area (Å²) in [4.78, 5) is 40.7. The van der Waals surface area contributed by atoms with E-state index in [-0.39, 0.29) is 17.2 Å². The monoisotopic (exact) mass is 463 g/mol. The van der Waals surface area contributed by atoms with Crippen molar-refractivity contribution in [1.29, 1.82) is 0 Å². The Morgan fingerprint density at radius 1 is 1.15 bits per heavy atom. The minimum atomic E-state index is -1.02. The third-order valence-electron chi connectivity index (χ3n) is 4.81. The van der Waals surface area contributed by atoms with Gasteiger partial charge in [0.15, 0.2) is 5.17 Å². The van der Waals surface area contributed by atoms with Gasteiger partial charge in [-0.1, -0.05) is 0 Å². The molecule has 1 N–H and O–H groups in total. The van der Waals surface area contributed by atoms with Gasteiger partial charge in [-0.2, -0.15) is 0 Å². The van der Waals surface area contributed by atoms with Crippen molar-refractivity contribution >= 4 is 46.3 Å². The predicted molar refractivity (Wildman–Crippen MR) is 124 cm³/mol. The van der Waals surface area contributed by atoms with E-state index < -0.39 is 10.9 Å². The van der Waals surface area contributed by atoms with Gasteiger partial charge in [-0.15, -0.1) is 0 Å². The number of hydrogen-bond donors (Lipinski definition) is 1. The molecule has 0 spiro atoms. The number of nitro benzene ring substituents is 1. The van der Waals surface area contributed by atoms with Crippen molar-refractivity contribution in [3.63, 3.8) is 0 Å². The van der Waals surface area contributed by atoms with Crippen molar-refractivity contribution < 1.29 is 24.0 Å². The van der Waals surface area contributed by atoms with E-state index in [4.69, 9.17) is 9.52 Å². The van der Waals surface area contributed by atoms with Crippen molar-refractivity contribution in [3.8, 4) is 11.3 Å². The zero-order valence-corrected chi connectivity index (χ0v) is 18.1. The van der Waals surface area contributed by atoms with E-state index in [2.05, 4.69) is 4.99 Å². The maximum Gasteiger partial charge on any atom is 0.335 e. The molecule has 166 valence electrons. The van der Waals surface area contributed by atoms with Crippen LogP contribution in [-0.2, 0) is 4.79 Å². The highest BCUT2D eigenvalue weighted by Crippen LogP contribution is 2.35. The van der Waals surface area contributed by atoms with Crippen LogP contribution in [0.1, 0.15) is 23.0 Å². The molecule has 1 aliphatic rings. The molecule has 0 saturated carbocycles. The van der Waals surface area contributed by atoms with Crippen LogP contribution in [0.25, 0.3) is 17.4 Å². The van der Waals surface area contributed by atoms with Gasteiger partial charge in [-0.25, -0.2) is 9.79 Å². The van der Waals surface area contributed by atoms with Gasteiger partial charge >= 0.3 is 5.97 Å². The second kappa shape index (κ2) is 9.13. The predicted octanol–water partition coefficient (Wildman–Crippen LogP) is 5.18. The van der Waals surface area contributed by atoms with E-state index in [1.807, 2.05) is 6.92 Å². The number of nitrogens with zero attached hydrogens (tertiary/aromatic N) is 3. The first-order valence-electron chi connectivity index (χ1n) is 9.84. The average Bonchev–Trinajstić information content (AvgIpc) is 3.39. The number of hydrogen-bond acceptors (Lipinski definition) is 7. The van der Waals surface area contributed by atoms with Crippen LogP contribution in [0.15, 0.2) is 75.0 Å². The summed E-state index contributed by atoms with van der Waals surface area (Å²) in [6.45, 7) is 2.26. The first-order valence-corrected chi connectivity index (χ1v) is 10.7. The quantitative estimate of drug-likeness (QED) is 0.303. The Labute approximate surface area is 192 Å². The average molecular weight is 463 g/mol. The highest BCUT2D eigenvalue weighted by Gasteiger charge is 2.32. The number of aromatic carboxylic acids is 1. The molecule has 9 nitrogen and oxygen atoms in total. The molecule has 2 aromatic carbocycles. The molecule has 0 unspecified atom stereocenters. The van der Waals surface area contributed by atoms with Gasteiger partial charge in [0.1, 0.15) is 11.5 Å². The number of amidine groups is 1. The van der Waals surface area contributed by atoms with Gasteiger partial charge in [0.05, 0.1) is 21.1 Å². The fraction of sp³-hybridized carbons (Fsp3) is 0.0870. The number of aliphatic imine (C=N–C) groups is 1. The molecular formula is C23H17N3O6S. The zero-order valence-electron chi connectivity index (χ0n) is 17.3. The number of carboxylic acids is 1. The molecule has 0 atom stereocenters. The molecule has 1 saturated heterocycles. The zero-order chi connectivity index (χ0) is 23.5. The van der Waals surface area contributed by atoms with Crippen molar-refractivity contribution in [3.05, 3.63) is 87.0 Å². The number of thioether (sulfide) groups is 1. The van der Waals surface area contributed by atoms with Gasteiger partial charge in [-0.05, 0) is 67.2 Å². The van der Waals surface area contributed by atoms with Crippen LogP contribution in [0.3, 0.4) is 0 Å². The number of carboxylic acid groups (broad SMARTS) is 1. The van der Waals surface area contributed by atoms with E-state index in [0.29, 0.717) is 39.4 Å². The lowest BCUT2D eigenvalue weighted by Gasteiger charge is -2.11. The van der Waals surface area contributed by atoms with Crippen LogP contribution < -0.4 is 0 Å². The molecule has 1 aliphatic heterocycles. The molecule has 0 radical (unpaired) electrons. The number of likely N-dealkylation sites (N-methyl/N-ethyl adjacent to an activating group) is 1. The Morgan fingerprint density at radius 2 is 1.85 bits per heavy atom. The van der Waals surface area contributed by atoms with Crippen LogP contribution in [-0.4, -0.2) is 38.5 Å². The largest absolute Gasteiger partial charge is 0.478 e. The molecule has 1 fully saturated rings. The topological polar surface area (TPSA) is 126 Å². The second-order valence-electron chi connectivity index (χ2n) is 6.91. The number of carbonyl (C=O) groups excluding carboxylic acids is 1. The standard InChI is InChI=1S/C23H17N3O6S/c1-2-25-21(27)20(33-23(25)24-16-7-3-15(4-8-16)22(28)29)13-18-11-12-19(32-18)14-5-9-17(10-6-14)26(30)31/h3-13H,2H2,1H3,(H,28,29). The summed E-state index contributed by atoms with van der Waals surface area (Å²) in [6, 6.07) is 15.5. The molecule has 4 rings (SSSR count). The highest BCUT2D eigenvalue weighted by atomic mass is 32.2. The lowest BCUT2D eigenvalue weighted by atomic mass is 10.1. The maximum absolute atomic E-state index is 12.8. The Bertz CT molecular complexity index is 1290. The Hall–Kier alpha value is -4.18. The molecule has 0 bridgehead atoms. The highest BCUT2D eigenvalue weighted by molar-refractivity contribution is 8.18. The molecule has 3 aromatic rings. The third kappa shape index (κ3) is 4.70. The van der Waals surface area contributed by atoms with E-state index in [0.717, 1.165) is 0 Å². The fourth-order valence-corrected chi connectivity index (χ4v) is 4.16. The number of furan rings is 1. The van der Waals surface area contributed by atoms with E-state index >= 15 is 0 Å². The third-order valence-corrected chi connectivity index (χ3v) is 5.81. The van der Waals surface area contributed by atoms with Gasteiger partial charge in [0, 0.05) is 30.3 Å². The smallest absolute Gasteiger partial charge is 0.335 e. The van der Waals surface area contributed by atoms with E-state index in [1.54, 1.807) is 42.5 Å². The van der Waals surface area contributed by atoms with Crippen molar-refractivity contribution in [1.82, 2.24) is 4.90 Å². The van der Waals surface area contributed by atoms with Crippen molar-refractivity contribution in [2.45, 2.75) is 6.92 Å². The second-order valence-corrected chi connectivity index (χ2v) is 7.92. The van der Waals surface area contributed by atoms with Crippen LogP contribution in [0.2, 0.25) is 0 Å². The number of nitro groups is 1. The lowest BCUT2D eigenvalue weighted by Crippen LogP contribution is -2.28. The molecule has 33 heavy (non-hydrogen) atoms. The van der Waals surface area contributed by atoms with E-state index in [9.17, 15) is 19.7 Å². The molecular weight excluding hydrogens is 446 g/mol. The first-order chi connectivity index (χ1) is 15.9. The van der Waals surface area contributed by atoms with E-state index in [1.165, 1.54) is 40.9 Å². The summed E-state index contributed by atoms with van der Waals surface area (Å²) < 4.78 is 5.81. The summed E-state index contributed by atoms with van der Waals surface area (Å²) in [5.41, 5.74) is 1.36. The Morgan fingerprint density at radius 3 is 2.45 bits per heavy atom. The van der Waals surface area contributed by atoms with Crippen molar-refractivity contribution in [2.24, 2.45) is 4.99 Å². The Kier molecular flexibility index (Phi) is 6.09.